The molecule has 0 fully saturated rings. The summed E-state index contributed by atoms with van der Waals surface area (Å²) in [4.78, 5) is 18.2. The molecule has 23 heavy (non-hydrogen) atoms. The third kappa shape index (κ3) is 4.21. The summed E-state index contributed by atoms with van der Waals surface area (Å²) in [5.41, 5.74) is 0.159. The monoisotopic (exact) mass is 426 g/mol. The number of carbonyl (C=O) groups excluding carboxylic acids is 1. The van der Waals surface area contributed by atoms with Gasteiger partial charge < -0.3 is 0 Å². The first-order valence-corrected chi connectivity index (χ1v) is 8.80. The minimum atomic E-state index is -4.58. The van der Waals surface area contributed by atoms with E-state index in [0.717, 1.165) is 10.7 Å². The van der Waals surface area contributed by atoms with Crippen molar-refractivity contribution in [3.8, 4) is 0 Å². The molecule has 0 saturated heterocycles. The van der Waals surface area contributed by atoms with Crippen LogP contribution < -0.4 is 4.90 Å². The molecule has 2 rings (SSSR count). The number of nitrogens with zero attached hydrogens (tertiary/aromatic N) is 4. The van der Waals surface area contributed by atoms with Gasteiger partial charge in [0, 0.05) is 22.6 Å². The van der Waals surface area contributed by atoms with Crippen molar-refractivity contribution in [1.82, 2.24) is 15.2 Å². The van der Waals surface area contributed by atoms with Gasteiger partial charge in [-0.15, -0.1) is 22.0 Å². The first kappa shape index (κ1) is 18.1. The largest absolute Gasteiger partial charge is 0.445 e. The lowest BCUT2D eigenvalue weighted by Crippen LogP contribution is -2.27. The molecule has 5 nitrogen and oxygen atoms in total. The van der Waals surface area contributed by atoms with Crippen molar-refractivity contribution in [1.29, 1.82) is 0 Å². The number of hydrogen-bond donors (Lipinski definition) is 0. The maximum absolute atomic E-state index is 12.6. The Bertz CT molecular complexity index is 723. The standard InChI is InChI=1S/C12H10BrF3N4OS2/c1-3-22-7-4-6(13)5-17-8(7)9(21)20(2)11-19-18-10(23-11)12(14,15)16/h4-5H,3H2,1-2H3. The van der Waals surface area contributed by atoms with Crippen molar-refractivity contribution in [2.24, 2.45) is 0 Å². The highest BCUT2D eigenvalue weighted by Crippen LogP contribution is 2.34. The van der Waals surface area contributed by atoms with E-state index in [2.05, 4.69) is 31.1 Å². The highest BCUT2D eigenvalue weighted by molar-refractivity contribution is 9.10. The van der Waals surface area contributed by atoms with Crippen LogP contribution >= 0.6 is 39.0 Å². The summed E-state index contributed by atoms with van der Waals surface area (Å²) in [6, 6.07) is 1.74. The number of alkyl halides is 3. The van der Waals surface area contributed by atoms with Crippen molar-refractivity contribution in [2.75, 3.05) is 17.7 Å². The molecule has 1 amide bonds. The Labute approximate surface area is 146 Å². The fraction of sp³-hybridized carbons (Fsp3) is 0.333. The lowest BCUT2D eigenvalue weighted by molar-refractivity contribution is -0.138. The average Bonchev–Trinajstić information content (AvgIpc) is 2.96. The number of amides is 1. The van der Waals surface area contributed by atoms with Crippen molar-refractivity contribution < 1.29 is 18.0 Å². The fourth-order valence-corrected chi connectivity index (χ4v) is 3.51. The zero-order valence-corrected chi connectivity index (χ0v) is 15.1. The normalized spacial score (nSPS) is 11.6. The van der Waals surface area contributed by atoms with Gasteiger partial charge in [0.15, 0.2) is 0 Å². The molecule has 0 unspecified atom stereocenters. The van der Waals surface area contributed by atoms with Crippen LogP contribution in [0.1, 0.15) is 22.4 Å². The van der Waals surface area contributed by atoms with Crippen LogP contribution in [-0.4, -0.2) is 33.9 Å². The van der Waals surface area contributed by atoms with Gasteiger partial charge in [-0.1, -0.05) is 18.3 Å². The third-order valence-electron chi connectivity index (χ3n) is 2.57. The molecule has 0 radical (unpaired) electrons. The van der Waals surface area contributed by atoms with E-state index in [9.17, 15) is 18.0 Å². The summed E-state index contributed by atoms with van der Waals surface area (Å²) < 4.78 is 38.5. The number of rotatable bonds is 4. The average molecular weight is 427 g/mol. The molecule has 11 heteroatoms. The third-order valence-corrected chi connectivity index (χ3v) is 4.96. The first-order valence-electron chi connectivity index (χ1n) is 6.21. The zero-order valence-electron chi connectivity index (χ0n) is 11.9. The van der Waals surface area contributed by atoms with Crippen molar-refractivity contribution in [3.05, 3.63) is 27.4 Å². The summed E-state index contributed by atoms with van der Waals surface area (Å²) in [5.74, 6) is 0.178. The summed E-state index contributed by atoms with van der Waals surface area (Å²) in [5, 5.41) is 5.27. The number of halogens is 4. The molecule has 0 aliphatic carbocycles. The van der Waals surface area contributed by atoms with E-state index in [4.69, 9.17) is 0 Å². The lowest BCUT2D eigenvalue weighted by atomic mass is 10.3. The fourth-order valence-electron chi connectivity index (χ4n) is 1.56. The van der Waals surface area contributed by atoms with Gasteiger partial charge in [-0.2, -0.15) is 13.2 Å². The van der Waals surface area contributed by atoms with Gasteiger partial charge in [-0.05, 0) is 27.7 Å². The Morgan fingerprint density at radius 3 is 2.70 bits per heavy atom. The number of aromatic nitrogens is 3. The van der Waals surface area contributed by atoms with Crippen LogP contribution in [0, 0.1) is 0 Å². The molecule has 0 atom stereocenters. The van der Waals surface area contributed by atoms with Crippen molar-refractivity contribution >= 4 is 50.1 Å². The minimum Gasteiger partial charge on any atom is -0.284 e. The first-order chi connectivity index (χ1) is 10.7. The van der Waals surface area contributed by atoms with Crippen LogP contribution in [-0.2, 0) is 6.18 Å². The van der Waals surface area contributed by atoms with Gasteiger partial charge in [-0.3, -0.25) is 9.69 Å². The van der Waals surface area contributed by atoms with E-state index in [-0.39, 0.29) is 10.8 Å². The zero-order chi connectivity index (χ0) is 17.2. The predicted octanol–water partition coefficient (Wildman–Crippen LogP) is 4.10. The molecule has 0 aliphatic heterocycles. The van der Waals surface area contributed by atoms with E-state index < -0.39 is 17.1 Å². The van der Waals surface area contributed by atoms with Gasteiger partial charge in [0.1, 0.15) is 5.69 Å². The van der Waals surface area contributed by atoms with E-state index in [1.165, 1.54) is 25.0 Å². The molecule has 2 heterocycles. The number of carbonyl (C=O) groups is 1. The van der Waals surface area contributed by atoms with Crippen LogP contribution in [0.5, 0.6) is 0 Å². The van der Waals surface area contributed by atoms with Gasteiger partial charge in [0.2, 0.25) is 10.1 Å². The molecule has 0 N–H and O–H groups in total. The molecule has 0 aliphatic rings. The summed E-state index contributed by atoms with van der Waals surface area (Å²) in [7, 11) is 1.34. The number of anilines is 1. The van der Waals surface area contributed by atoms with Gasteiger partial charge >= 0.3 is 6.18 Å². The summed E-state index contributed by atoms with van der Waals surface area (Å²) in [6.45, 7) is 1.92. The molecular formula is C12H10BrF3N4OS2. The minimum absolute atomic E-state index is 0.139. The quantitative estimate of drug-likeness (QED) is 0.688. The molecule has 0 spiro atoms. The Hall–Kier alpha value is -1.20. The van der Waals surface area contributed by atoms with Crippen LogP contribution in [0.2, 0.25) is 0 Å². The molecule has 0 saturated carbocycles. The Morgan fingerprint density at radius 1 is 1.43 bits per heavy atom. The van der Waals surface area contributed by atoms with E-state index >= 15 is 0 Å². The molecule has 2 aromatic rings. The van der Waals surface area contributed by atoms with Gasteiger partial charge in [-0.25, -0.2) is 4.98 Å². The SMILES string of the molecule is CCSc1cc(Br)cnc1C(=O)N(C)c1nnc(C(F)(F)F)s1. The van der Waals surface area contributed by atoms with Crippen LogP contribution in [0.25, 0.3) is 0 Å². The molecular weight excluding hydrogens is 417 g/mol. The molecule has 0 aromatic carbocycles. The second kappa shape index (κ2) is 7.14. The Kier molecular flexibility index (Phi) is 5.63. The van der Waals surface area contributed by atoms with Crippen LogP contribution in [0.4, 0.5) is 18.3 Å². The molecule has 2 aromatic heterocycles. The maximum atomic E-state index is 12.6. The highest BCUT2D eigenvalue weighted by atomic mass is 79.9. The topological polar surface area (TPSA) is 59.0 Å². The molecule has 0 bridgehead atoms. The smallest absolute Gasteiger partial charge is 0.284 e. The highest BCUT2D eigenvalue weighted by Gasteiger charge is 2.36. The Morgan fingerprint density at radius 2 is 2.13 bits per heavy atom. The maximum Gasteiger partial charge on any atom is 0.445 e. The summed E-state index contributed by atoms with van der Waals surface area (Å²) >= 11 is 5.00. The van der Waals surface area contributed by atoms with Gasteiger partial charge in [0.25, 0.3) is 5.91 Å². The van der Waals surface area contributed by atoms with Crippen LogP contribution in [0.3, 0.4) is 0 Å². The number of pyridine rings is 1. The number of thioether (sulfide) groups is 1. The van der Waals surface area contributed by atoms with Gasteiger partial charge in [0.05, 0.1) is 0 Å². The summed E-state index contributed by atoms with van der Waals surface area (Å²) in [6.07, 6.45) is -3.12. The lowest BCUT2D eigenvalue weighted by Gasteiger charge is -2.14. The second-order valence-electron chi connectivity index (χ2n) is 4.19. The molecule has 124 valence electrons. The van der Waals surface area contributed by atoms with Crippen LogP contribution in [0.15, 0.2) is 21.6 Å². The van der Waals surface area contributed by atoms with Crippen molar-refractivity contribution in [3.63, 3.8) is 0 Å². The predicted molar refractivity (Wildman–Crippen MR) is 86.0 cm³/mol. The van der Waals surface area contributed by atoms with Crippen molar-refractivity contribution in [2.45, 2.75) is 18.0 Å². The van der Waals surface area contributed by atoms with E-state index in [0.29, 0.717) is 20.7 Å². The number of hydrogen-bond acceptors (Lipinski definition) is 6. The second-order valence-corrected chi connectivity index (χ2v) is 7.36. The van der Waals surface area contributed by atoms with E-state index in [1.54, 1.807) is 6.07 Å². The Balaban J connectivity index is 2.31. The van der Waals surface area contributed by atoms with E-state index in [1.807, 2.05) is 6.92 Å².